The maximum Gasteiger partial charge on any atom is 0.306 e. The summed E-state index contributed by atoms with van der Waals surface area (Å²) in [5.41, 5.74) is 0. The van der Waals surface area contributed by atoms with Gasteiger partial charge < -0.3 is 14.2 Å². The van der Waals surface area contributed by atoms with Gasteiger partial charge in [-0.1, -0.05) is 227 Å². The topological polar surface area (TPSA) is 61.8 Å². The molecule has 0 saturated carbocycles. The lowest BCUT2D eigenvalue weighted by molar-refractivity contribution is -0.163. The summed E-state index contributed by atoms with van der Waals surface area (Å²) in [6.07, 6.45) is 78.5. The number of hydrogen-bond donors (Lipinski definition) is 0. The van der Waals surface area contributed by atoms with Crippen LogP contribution in [0.1, 0.15) is 265 Å². The molecule has 0 aliphatic heterocycles. The summed E-state index contributed by atoms with van der Waals surface area (Å²) in [4.78, 5) is 25.5. The second kappa shape index (κ2) is 58.1. The molecule has 1 atom stereocenters. The molecule has 0 aromatic rings. The van der Waals surface area contributed by atoms with Crippen molar-refractivity contribution in [2.75, 3.05) is 19.8 Å². The van der Waals surface area contributed by atoms with E-state index in [1.807, 2.05) is 0 Å². The standard InChI is InChI=1S/C63H108O5/c1-4-7-10-13-16-19-22-25-27-29-31-33-35-37-40-43-46-49-52-55-58-66-59-61(68-63(65)57-54-51-48-45-42-38-24-21-18-15-12-9-6-3)60-67-62(64)56-53-50-47-44-41-39-36-34-32-30-28-26-23-20-17-14-11-8-5-2/h8,11,16-17,19-21,24-28,32,34,39,41,61H,4-7,9-10,12-15,18,22-23,29-31,33,35-38,40,42-60H2,1-3H3/b11-8-,19-16-,20-17-,24-21-,27-25-,28-26-,34-32-,41-39-. The molecule has 0 N–H and O–H groups in total. The maximum absolute atomic E-state index is 12.8. The van der Waals surface area contributed by atoms with Crippen molar-refractivity contribution in [3.63, 3.8) is 0 Å². The number of allylic oxidation sites excluding steroid dienone is 16. The second-order valence-corrected chi connectivity index (χ2v) is 18.8. The van der Waals surface area contributed by atoms with Gasteiger partial charge in [-0.15, -0.1) is 0 Å². The lowest BCUT2D eigenvalue weighted by atomic mass is 10.1. The molecule has 0 aromatic carbocycles. The molecule has 0 heterocycles. The summed E-state index contributed by atoms with van der Waals surface area (Å²) in [7, 11) is 0. The lowest BCUT2D eigenvalue weighted by Crippen LogP contribution is -2.30. The molecule has 0 amide bonds. The number of esters is 2. The molecule has 390 valence electrons. The minimum atomic E-state index is -0.561. The second-order valence-electron chi connectivity index (χ2n) is 18.8. The molecule has 0 aromatic heterocycles. The Morgan fingerprint density at radius 2 is 0.662 bits per heavy atom. The minimum Gasteiger partial charge on any atom is -0.462 e. The van der Waals surface area contributed by atoms with Crippen LogP contribution in [0, 0.1) is 0 Å². The van der Waals surface area contributed by atoms with Gasteiger partial charge in [-0.25, -0.2) is 0 Å². The van der Waals surface area contributed by atoms with Crippen molar-refractivity contribution in [1.29, 1.82) is 0 Å². The average molecular weight is 946 g/mol. The van der Waals surface area contributed by atoms with Gasteiger partial charge in [0.2, 0.25) is 0 Å². The molecule has 0 aliphatic rings. The Morgan fingerprint density at radius 3 is 1.12 bits per heavy atom. The van der Waals surface area contributed by atoms with E-state index >= 15 is 0 Å². The van der Waals surface area contributed by atoms with Crippen molar-refractivity contribution in [2.24, 2.45) is 0 Å². The van der Waals surface area contributed by atoms with E-state index in [1.165, 1.54) is 128 Å². The molecule has 0 saturated heterocycles. The molecule has 0 rings (SSSR count). The van der Waals surface area contributed by atoms with Gasteiger partial charge in [0.15, 0.2) is 6.10 Å². The average Bonchev–Trinajstić information content (AvgIpc) is 3.34. The first-order chi connectivity index (χ1) is 33.6. The first kappa shape index (κ1) is 64.8. The monoisotopic (exact) mass is 945 g/mol. The Bertz CT molecular complexity index is 1300. The van der Waals surface area contributed by atoms with Gasteiger partial charge in [0.05, 0.1) is 6.61 Å². The molecule has 5 nitrogen and oxygen atoms in total. The van der Waals surface area contributed by atoms with Gasteiger partial charge in [-0.05, 0) is 122 Å². The predicted molar refractivity (Wildman–Crippen MR) is 297 cm³/mol. The van der Waals surface area contributed by atoms with E-state index in [2.05, 4.69) is 118 Å². The smallest absolute Gasteiger partial charge is 0.306 e. The summed E-state index contributed by atoms with van der Waals surface area (Å²) in [6.45, 7) is 7.64. The van der Waals surface area contributed by atoms with Crippen molar-refractivity contribution < 1.29 is 23.8 Å². The number of carbonyl (C=O) groups is 2. The highest BCUT2D eigenvalue weighted by Crippen LogP contribution is 2.14. The Hall–Kier alpha value is -3.18. The normalized spacial score (nSPS) is 12.9. The van der Waals surface area contributed by atoms with Crippen molar-refractivity contribution in [3.8, 4) is 0 Å². The lowest BCUT2D eigenvalue weighted by Gasteiger charge is -2.18. The van der Waals surface area contributed by atoms with E-state index in [9.17, 15) is 9.59 Å². The number of ether oxygens (including phenoxy) is 3. The van der Waals surface area contributed by atoms with E-state index in [0.717, 1.165) is 103 Å². The van der Waals surface area contributed by atoms with Gasteiger partial charge in [-0.2, -0.15) is 0 Å². The minimum absolute atomic E-state index is 0.0598. The summed E-state index contributed by atoms with van der Waals surface area (Å²) < 4.78 is 17.4. The Morgan fingerprint density at radius 1 is 0.338 bits per heavy atom. The van der Waals surface area contributed by atoms with E-state index in [1.54, 1.807) is 0 Å². The zero-order chi connectivity index (χ0) is 49.2. The number of carbonyl (C=O) groups excluding carboxylic acids is 2. The third kappa shape index (κ3) is 55.4. The van der Waals surface area contributed by atoms with Crippen LogP contribution in [-0.4, -0.2) is 37.9 Å². The maximum atomic E-state index is 12.8. The van der Waals surface area contributed by atoms with Crippen molar-refractivity contribution in [1.82, 2.24) is 0 Å². The number of rotatable bonds is 52. The summed E-state index contributed by atoms with van der Waals surface area (Å²) in [5, 5.41) is 0. The largest absolute Gasteiger partial charge is 0.462 e. The molecule has 5 heteroatoms. The number of unbranched alkanes of at least 4 members (excludes halogenated alkanes) is 25. The highest BCUT2D eigenvalue weighted by Gasteiger charge is 2.17. The fourth-order valence-corrected chi connectivity index (χ4v) is 7.80. The van der Waals surface area contributed by atoms with Crippen LogP contribution in [0.15, 0.2) is 97.2 Å². The Balaban J connectivity index is 4.32. The molecular weight excluding hydrogens is 837 g/mol. The Kier molecular flexibility index (Phi) is 55.4. The highest BCUT2D eigenvalue weighted by molar-refractivity contribution is 5.70. The quantitative estimate of drug-likeness (QED) is 0.0345. The molecule has 1 unspecified atom stereocenters. The van der Waals surface area contributed by atoms with Crippen LogP contribution < -0.4 is 0 Å². The SMILES string of the molecule is CC/C=C\C/C=C\C/C=C\C/C=C\C/C=C\CCCCCC(=O)OCC(COCCCCCCCCCCCC/C=C\C/C=C\CCCCC)OC(=O)CCCCCCC/C=C\CCCCCC. The van der Waals surface area contributed by atoms with Crippen LogP contribution >= 0.6 is 0 Å². The summed E-state index contributed by atoms with van der Waals surface area (Å²) in [5.74, 6) is -0.444. The third-order valence-corrected chi connectivity index (χ3v) is 12.1. The van der Waals surface area contributed by atoms with E-state index < -0.39 is 6.10 Å². The van der Waals surface area contributed by atoms with Gasteiger partial charge in [-0.3, -0.25) is 9.59 Å². The zero-order valence-corrected chi connectivity index (χ0v) is 44.8. The van der Waals surface area contributed by atoms with E-state index in [4.69, 9.17) is 14.2 Å². The summed E-state index contributed by atoms with van der Waals surface area (Å²) >= 11 is 0. The first-order valence-corrected chi connectivity index (χ1v) is 28.8. The molecule has 0 radical (unpaired) electrons. The van der Waals surface area contributed by atoms with Crippen LogP contribution in [0.25, 0.3) is 0 Å². The van der Waals surface area contributed by atoms with Gasteiger partial charge >= 0.3 is 11.9 Å². The highest BCUT2D eigenvalue weighted by atomic mass is 16.6. The third-order valence-electron chi connectivity index (χ3n) is 12.1. The van der Waals surface area contributed by atoms with E-state index in [0.29, 0.717) is 19.4 Å². The first-order valence-electron chi connectivity index (χ1n) is 28.8. The van der Waals surface area contributed by atoms with Crippen LogP contribution in [0.5, 0.6) is 0 Å². The Labute approximate surface area is 422 Å². The molecule has 0 bridgehead atoms. The van der Waals surface area contributed by atoms with Crippen LogP contribution in [0.2, 0.25) is 0 Å². The summed E-state index contributed by atoms with van der Waals surface area (Å²) in [6, 6.07) is 0. The van der Waals surface area contributed by atoms with Gasteiger partial charge in [0, 0.05) is 19.4 Å². The van der Waals surface area contributed by atoms with Crippen LogP contribution in [0.3, 0.4) is 0 Å². The zero-order valence-electron chi connectivity index (χ0n) is 44.8. The molecule has 0 aliphatic carbocycles. The van der Waals surface area contributed by atoms with Crippen molar-refractivity contribution in [2.45, 2.75) is 271 Å². The fraction of sp³-hybridized carbons (Fsp3) is 0.714. The van der Waals surface area contributed by atoms with Crippen LogP contribution in [0.4, 0.5) is 0 Å². The fourth-order valence-electron chi connectivity index (χ4n) is 7.80. The molecule has 0 spiro atoms. The van der Waals surface area contributed by atoms with Crippen molar-refractivity contribution in [3.05, 3.63) is 97.2 Å². The van der Waals surface area contributed by atoms with Crippen LogP contribution in [-0.2, 0) is 23.8 Å². The molecule has 68 heavy (non-hydrogen) atoms. The van der Waals surface area contributed by atoms with Gasteiger partial charge in [0.1, 0.15) is 6.61 Å². The van der Waals surface area contributed by atoms with E-state index in [-0.39, 0.29) is 25.2 Å². The number of hydrogen-bond acceptors (Lipinski definition) is 5. The van der Waals surface area contributed by atoms with Crippen molar-refractivity contribution >= 4 is 11.9 Å². The predicted octanol–water partition coefficient (Wildman–Crippen LogP) is 19.8. The molecular formula is C63H108O5. The molecule has 0 fully saturated rings. The van der Waals surface area contributed by atoms with Gasteiger partial charge in [0.25, 0.3) is 0 Å².